The molecule has 17 heavy (non-hydrogen) atoms. The van der Waals surface area contributed by atoms with Crippen LogP contribution in [-0.2, 0) is 6.42 Å². The lowest BCUT2D eigenvalue weighted by atomic mass is 10.1. The lowest BCUT2D eigenvalue weighted by molar-refractivity contribution is 0.627. The van der Waals surface area contributed by atoms with Gasteiger partial charge in [0.05, 0.1) is 5.69 Å². The van der Waals surface area contributed by atoms with E-state index in [2.05, 4.69) is 23.9 Å². The Hall–Kier alpha value is -1.35. The van der Waals surface area contributed by atoms with E-state index < -0.39 is 0 Å². The minimum Gasteiger partial charge on any atom is -0.237 e. The van der Waals surface area contributed by atoms with E-state index in [0.717, 1.165) is 23.5 Å². The molecule has 0 saturated heterocycles. The lowest BCUT2D eigenvalue weighted by Crippen LogP contribution is -2.02. The maximum Gasteiger partial charge on any atom is 0.155 e. The van der Waals surface area contributed by atoms with Crippen LogP contribution in [0.15, 0.2) is 24.4 Å². The van der Waals surface area contributed by atoms with Crippen LogP contribution in [0.1, 0.15) is 25.1 Å². The Morgan fingerprint density at radius 1 is 1.35 bits per heavy atom. The molecule has 4 heteroatoms. The Labute approximate surface area is 106 Å². The lowest BCUT2D eigenvalue weighted by Gasteiger charge is -2.03. The van der Waals surface area contributed by atoms with E-state index in [9.17, 15) is 0 Å². The van der Waals surface area contributed by atoms with Gasteiger partial charge in [-0.15, -0.1) is 0 Å². The van der Waals surface area contributed by atoms with E-state index in [4.69, 9.17) is 11.6 Å². The first kappa shape index (κ1) is 12.1. The number of hydrogen-bond donors (Lipinski definition) is 0. The average Bonchev–Trinajstić information content (AvgIpc) is 2.58. The highest BCUT2D eigenvalue weighted by molar-refractivity contribution is 6.29. The summed E-state index contributed by atoms with van der Waals surface area (Å²) < 4.78 is 1.69. The predicted molar refractivity (Wildman–Crippen MR) is 69.6 cm³/mol. The van der Waals surface area contributed by atoms with E-state index in [-0.39, 0.29) is 0 Å². The van der Waals surface area contributed by atoms with Gasteiger partial charge in [-0.05, 0) is 43.0 Å². The van der Waals surface area contributed by atoms with Crippen LogP contribution in [0.4, 0.5) is 0 Å². The van der Waals surface area contributed by atoms with Crippen LogP contribution in [0.5, 0.6) is 0 Å². The molecule has 90 valence electrons. The number of halogens is 1. The van der Waals surface area contributed by atoms with Crippen LogP contribution in [0, 0.1) is 12.8 Å². The van der Waals surface area contributed by atoms with Gasteiger partial charge in [-0.25, -0.2) is 9.67 Å². The third kappa shape index (κ3) is 2.86. The first-order valence-electron chi connectivity index (χ1n) is 5.73. The van der Waals surface area contributed by atoms with Gasteiger partial charge in [0, 0.05) is 6.20 Å². The van der Waals surface area contributed by atoms with Crippen molar-refractivity contribution in [1.29, 1.82) is 0 Å². The zero-order valence-corrected chi connectivity index (χ0v) is 11.1. The minimum absolute atomic E-state index is 0.569. The molecule has 0 N–H and O–H groups in total. The first-order chi connectivity index (χ1) is 8.06. The molecule has 2 aromatic rings. The van der Waals surface area contributed by atoms with Crippen molar-refractivity contribution in [3.05, 3.63) is 40.8 Å². The van der Waals surface area contributed by atoms with E-state index in [0.29, 0.717) is 11.1 Å². The monoisotopic (exact) mass is 249 g/mol. The van der Waals surface area contributed by atoms with E-state index in [1.807, 2.05) is 25.1 Å². The summed E-state index contributed by atoms with van der Waals surface area (Å²) in [6, 6.07) is 5.83. The average molecular weight is 250 g/mol. The van der Waals surface area contributed by atoms with Crippen molar-refractivity contribution < 1.29 is 0 Å². The molecule has 0 aromatic carbocycles. The van der Waals surface area contributed by atoms with Crippen molar-refractivity contribution in [3.63, 3.8) is 0 Å². The van der Waals surface area contributed by atoms with Crippen molar-refractivity contribution in [2.75, 3.05) is 0 Å². The van der Waals surface area contributed by atoms with E-state index >= 15 is 0 Å². The van der Waals surface area contributed by atoms with Gasteiger partial charge < -0.3 is 0 Å². The van der Waals surface area contributed by atoms with Crippen LogP contribution in [0.25, 0.3) is 5.82 Å². The smallest absolute Gasteiger partial charge is 0.155 e. The van der Waals surface area contributed by atoms with Crippen molar-refractivity contribution in [2.24, 2.45) is 5.92 Å². The van der Waals surface area contributed by atoms with Crippen LogP contribution < -0.4 is 0 Å². The highest BCUT2D eigenvalue weighted by Crippen LogP contribution is 2.18. The fraction of sp³-hybridized carbons (Fsp3) is 0.385. The molecule has 0 radical (unpaired) electrons. The second-order valence-corrected chi connectivity index (χ2v) is 5.05. The number of pyridine rings is 1. The highest BCUT2D eigenvalue weighted by Gasteiger charge is 2.09. The maximum atomic E-state index is 6.18. The first-order valence-corrected chi connectivity index (χ1v) is 6.11. The third-order valence-corrected chi connectivity index (χ3v) is 2.72. The summed E-state index contributed by atoms with van der Waals surface area (Å²) in [4.78, 5) is 4.28. The van der Waals surface area contributed by atoms with E-state index in [1.165, 1.54) is 0 Å². The van der Waals surface area contributed by atoms with Crippen LogP contribution in [0.2, 0.25) is 5.15 Å². The van der Waals surface area contributed by atoms with Gasteiger partial charge in [-0.1, -0.05) is 25.4 Å². The van der Waals surface area contributed by atoms with Crippen molar-refractivity contribution >= 4 is 11.6 Å². The van der Waals surface area contributed by atoms with Crippen molar-refractivity contribution in [2.45, 2.75) is 27.2 Å². The molecule has 0 unspecified atom stereocenters. The molecular formula is C13H16ClN3. The fourth-order valence-corrected chi connectivity index (χ4v) is 1.97. The Morgan fingerprint density at radius 3 is 2.76 bits per heavy atom. The summed E-state index contributed by atoms with van der Waals surface area (Å²) in [6.07, 6.45) is 2.70. The molecule has 0 atom stereocenters. The number of aryl methyl sites for hydroxylation is 1. The number of aromatic nitrogens is 3. The molecule has 0 aliphatic carbocycles. The highest BCUT2D eigenvalue weighted by atomic mass is 35.5. The van der Waals surface area contributed by atoms with E-state index in [1.54, 1.807) is 10.9 Å². The molecular weight excluding hydrogens is 234 g/mol. The normalized spacial score (nSPS) is 11.1. The standard InChI is InChI=1S/C13H16ClN3/c1-9(2)6-11-8-12(14)17(16-11)13-7-10(3)4-5-15-13/h4-5,7-9H,6H2,1-3H3. The molecule has 0 bridgehead atoms. The summed E-state index contributed by atoms with van der Waals surface area (Å²) in [5.41, 5.74) is 2.15. The fourth-order valence-electron chi connectivity index (χ4n) is 1.72. The second-order valence-electron chi connectivity index (χ2n) is 4.66. The number of nitrogens with zero attached hydrogens (tertiary/aromatic N) is 3. The SMILES string of the molecule is Cc1ccnc(-n2nc(CC(C)C)cc2Cl)c1. The maximum absolute atomic E-state index is 6.18. The molecule has 2 aromatic heterocycles. The summed E-state index contributed by atoms with van der Waals surface area (Å²) in [5, 5.41) is 5.09. The van der Waals surface area contributed by atoms with Gasteiger partial charge in [-0.3, -0.25) is 0 Å². The third-order valence-electron chi connectivity index (χ3n) is 2.45. The van der Waals surface area contributed by atoms with Gasteiger partial charge in [-0.2, -0.15) is 5.10 Å². The van der Waals surface area contributed by atoms with Gasteiger partial charge in [0.15, 0.2) is 5.82 Å². The Morgan fingerprint density at radius 2 is 2.12 bits per heavy atom. The molecule has 2 heterocycles. The molecule has 0 saturated carbocycles. The number of rotatable bonds is 3. The Balaban J connectivity index is 2.36. The summed E-state index contributed by atoms with van der Waals surface area (Å²) in [6.45, 7) is 6.35. The summed E-state index contributed by atoms with van der Waals surface area (Å²) in [5.74, 6) is 1.34. The molecule has 0 fully saturated rings. The van der Waals surface area contributed by atoms with Crippen molar-refractivity contribution in [3.8, 4) is 5.82 Å². The Bertz CT molecular complexity index is 517. The second kappa shape index (κ2) is 4.88. The molecule has 3 nitrogen and oxygen atoms in total. The van der Waals surface area contributed by atoms with Gasteiger partial charge in [0.1, 0.15) is 5.15 Å². The predicted octanol–water partition coefficient (Wildman–Crippen LogP) is 3.43. The van der Waals surface area contributed by atoms with Crippen LogP contribution >= 0.6 is 11.6 Å². The van der Waals surface area contributed by atoms with Gasteiger partial charge in [0.25, 0.3) is 0 Å². The molecule has 0 amide bonds. The summed E-state index contributed by atoms with van der Waals surface area (Å²) >= 11 is 6.18. The zero-order valence-electron chi connectivity index (χ0n) is 10.3. The largest absolute Gasteiger partial charge is 0.237 e. The molecule has 0 aliphatic heterocycles. The quantitative estimate of drug-likeness (QED) is 0.835. The summed E-state index contributed by atoms with van der Waals surface area (Å²) in [7, 11) is 0. The van der Waals surface area contributed by atoms with Crippen LogP contribution in [-0.4, -0.2) is 14.8 Å². The zero-order chi connectivity index (χ0) is 12.4. The van der Waals surface area contributed by atoms with Crippen molar-refractivity contribution in [1.82, 2.24) is 14.8 Å². The van der Waals surface area contributed by atoms with Crippen LogP contribution in [0.3, 0.4) is 0 Å². The topological polar surface area (TPSA) is 30.7 Å². The van der Waals surface area contributed by atoms with Gasteiger partial charge >= 0.3 is 0 Å². The molecule has 2 rings (SSSR count). The molecule has 0 spiro atoms. The number of hydrogen-bond acceptors (Lipinski definition) is 2. The van der Waals surface area contributed by atoms with Gasteiger partial charge in [0.2, 0.25) is 0 Å². The Kier molecular flexibility index (Phi) is 3.48. The molecule has 0 aliphatic rings. The minimum atomic E-state index is 0.569.